The van der Waals surface area contributed by atoms with Crippen LogP contribution in [0.25, 0.3) is 0 Å². The van der Waals surface area contributed by atoms with Crippen LogP contribution in [0.15, 0.2) is 12.1 Å². The molecule has 1 fully saturated rings. The van der Waals surface area contributed by atoms with Crippen LogP contribution in [0.1, 0.15) is 6.42 Å². The van der Waals surface area contributed by atoms with Crippen molar-refractivity contribution in [1.82, 2.24) is 5.32 Å². The van der Waals surface area contributed by atoms with Gasteiger partial charge in [0.05, 0.1) is 23.9 Å². The number of fused-ring (bicyclic) bond motifs is 1. The van der Waals surface area contributed by atoms with Crippen LogP contribution in [0.4, 0.5) is 5.69 Å². The van der Waals surface area contributed by atoms with E-state index in [4.69, 9.17) is 25.8 Å². The van der Waals surface area contributed by atoms with Crippen LogP contribution < -0.4 is 20.1 Å². The number of benzene rings is 1. The van der Waals surface area contributed by atoms with Crippen molar-refractivity contribution in [2.75, 3.05) is 44.8 Å². The third-order valence-corrected chi connectivity index (χ3v) is 4.00. The summed E-state index contributed by atoms with van der Waals surface area (Å²) in [5, 5.41) is 6.42. The van der Waals surface area contributed by atoms with Crippen molar-refractivity contribution >= 4 is 23.2 Å². The number of amides is 1. The Morgan fingerprint density at radius 3 is 2.73 bits per heavy atom. The number of anilines is 1. The lowest BCUT2D eigenvalue weighted by Gasteiger charge is -2.20. The number of ether oxygens (including phenoxy) is 3. The van der Waals surface area contributed by atoms with E-state index in [-0.39, 0.29) is 12.5 Å². The Kier molecular flexibility index (Phi) is 4.90. The summed E-state index contributed by atoms with van der Waals surface area (Å²) in [7, 11) is 0. The Morgan fingerprint density at radius 1 is 1.23 bits per heavy atom. The SMILES string of the molecule is O=C(CNc1cc2c(cc1Cl)OCCO2)NCC1CCOC1. The van der Waals surface area contributed by atoms with Crippen molar-refractivity contribution in [3.05, 3.63) is 17.2 Å². The van der Waals surface area contributed by atoms with E-state index in [0.717, 1.165) is 19.6 Å². The molecule has 1 saturated heterocycles. The molecule has 120 valence electrons. The van der Waals surface area contributed by atoms with Crippen LogP contribution in [0.3, 0.4) is 0 Å². The van der Waals surface area contributed by atoms with Gasteiger partial charge in [-0.1, -0.05) is 11.6 Å². The summed E-state index contributed by atoms with van der Waals surface area (Å²) in [4.78, 5) is 11.9. The van der Waals surface area contributed by atoms with Gasteiger partial charge in [0, 0.05) is 31.2 Å². The Hall–Kier alpha value is -1.66. The number of rotatable bonds is 5. The van der Waals surface area contributed by atoms with E-state index in [9.17, 15) is 4.79 Å². The van der Waals surface area contributed by atoms with Gasteiger partial charge in [-0.3, -0.25) is 4.79 Å². The highest BCUT2D eigenvalue weighted by Crippen LogP contribution is 2.37. The zero-order valence-corrected chi connectivity index (χ0v) is 12.9. The molecule has 2 aliphatic rings. The first-order valence-electron chi connectivity index (χ1n) is 7.40. The van der Waals surface area contributed by atoms with Gasteiger partial charge in [-0.2, -0.15) is 0 Å². The van der Waals surface area contributed by atoms with E-state index in [1.807, 2.05) is 0 Å². The molecule has 0 spiro atoms. The molecular formula is C15H19ClN2O4. The fraction of sp³-hybridized carbons (Fsp3) is 0.533. The van der Waals surface area contributed by atoms with Crippen molar-refractivity contribution in [3.8, 4) is 11.5 Å². The lowest BCUT2D eigenvalue weighted by molar-refractivity contribution is -0.119. The van der Waals surface area contributed by atoms with Gasteiger partial charge >= 0.3 is 0 Å². The molecule has 0 aromatic heterocycles. The fourth-order valence-corrected chi connectivity index (χ4v) is 2.66. The third kappa shape index (κ3) is 3.75. The molecule has 1 aromatic rings. The zero-order valence-electron chi connectivity index (χ0n) is 12.2. The van der Waals surface area contributed by atoms with Crippen LogP contribution >= 0.6 is 11.6 Å². The van der Waals surface area contributed by atoms with Crippen LogP contribution in [-0.4, -0.2) is 45.4 Å². The maximum absolute atomic E-state index is 11.9. The van der Waals surface area contributed by atoms with Crippen molar-refractivity contribution < 1.29 is 19.0 Å². The Bertz CT molecular complexity index is 547. The minimum Gasteiger partial charge on any atom is -0.486 e. The molecular weight excluding hydrogens is 308 g/mol. The summed E-state index contributed by atoms with van der Waals surface area (Å²) in [6, 6.07) is 3.46. The van der Waals surface area contributed by atoms with Gasteiger partial charge in [-0.25, -0.2) is 0 Å². The summed E-state index contributed by atoms with van der Waals surface area (Å²) < 4.78 is 16.2. The van der Waals surface area contributed by atoms with Crippen molar-refractivity contribution in [2.45, 2.75) is 6.42 Å². The number of halogens is 1. The molecule has 0 radical (unpaired) electrons. The summed E-state index contributed by atoms with van der Waals surface area (Å²) in [5.41, 5.74) is 0.658. The second-order valence-electron chi connectivity index (χ2n) is 5.36. The monoisotopic (exact) mass is 326 g/mol. The first-order valence-corrected chi connectivity index (χ1v) is 7.77. The molecule has 0 bridgehead atoms. The fourth-order valence-electron chi connectivity index (χ4n) is 2.44. The van der Waals surface area contributed by atoms with Crippen LogP contribution in [-0.2, 0) is 9.53 Å². The minimum absolute atomic E-state index is 0.0714. The Balaban J connectivity index is 1.51. The van der Waals surface area contributed by atoms with Gasteiger partial charge in [-0.05, 0) is 6.42 Å². The van der Waals surface area contributed by atoms with Gasteiger partial charge in [0.15, 0.2) is 11.5 Å². The molecule has 1 amide bonds. The van der Waals surface area contributed by atoms with Crippen molar-refractivity contribution in [1.29, 1.82) is 0 Å². The van der Waals surface area contributed by atoms with E-state index >= 15 is 0 Å². The normalized spacial score (nSPS) is 19.8. The molecule has 2 aliphatic heterocycles. The van der Waals surface area contributed by atoms with Crippen LogP contribution in [0, 0.1) is 5.92 Å². The van der Waals surface area contributed by atoms with Gasteiger partial charge in [-0.15, -0.1) is 0 Å². The van der Waals surface area contributed by atoms with E-state index in [2.05, 4.69) is 10.6 Å². The van der Waals surface area contributed by atoms with Crippen LogP contribution in [0.5, 0.6) is 11.5 Å². The maximum atomic E-state index is 11.9. The molecule has 0 aliphatic carbocycles. The molecule has 6 nitrogen and oxygen atoms in total. The number of nitrogens with one attached hydrogen (secondary N) is 2. The van der Waals surface area contributed by atoms with E-state index in [0.29, 0.717) is 47.9 Å². The predicted molar refractivity (Wildman–Crippen MR) is 82.9 cm³/mol. The van der Waals surface area contributed by atoms with E-state index in [1.165, 1.54) is 0 Å². The molecule has 2 heterocycles. The van der Waals surface area contributed by atoms with Gasteiger partial charge < -0.3 is 24.8 Å². The third-order valence-electron chi connectivity index (χ3n) is 3.68. The molecule has 7 heteroatoms. The predicted octanol–water partition coefficient (Wildman–Crippen LogP) is 1.68. The molecule has 0 saturated carbocycles. The molecule has 1 atom stereocenters. The second-order valence-corrected chi connectivity index (χ2v) is 5.77. The summed E-state index contributed by atoms with van der Waals surface area (Å²) >= 11 is 6.18. The van der Waals surface area contributed by atoms with Gasteiger partial charge in [0.2, 0.25) is 5.91 Å². The lowest BCUT2D eigenvalue weighted by Crippen LogP contribution is -2.34. The zero-order chi connectivity index (χ0) is 15.4. The molecule has 22 heavy (non-hydrogen) atoms. The Labute approximate surface area is 134 Å². The van der Waals surface area contributed by atoms with Gasteiger partial charge in [0.25, 0.3) is 0 Å². The van der Waals surface area contributed by atoms with E-state index in [1.54, 1.807) is 12.1 Å². The van der Waals surface area contributed by atoms with Crippen molar-refractivity contribution in [2.24, 2.45) is 5.92 Å². The highest BCUT2D eigenvalue weighted by molar-refractivity contribution is 6.33. The number of hydrogen-bond donors (Lipinski definition) is 2. The first-order chi connectivity index (χ1) is 10.7. The smallest absolute Gasteiger partial charge is 0.239 e. The summed E-state index contributed by atoms with van der Waals surface area (Å²) in [6.07, 6.45) is 1.00. The largest absolute Gasteiger partial charge is 0.486 e. The summed E-state index contributed by atoms with van der Waals surface area (Å²) in [6.45, 7) is 3.34. The molecule has 3 rings (SSSR count). The number of carbonyl (C=O) groups excluding carboxylic acids is 1. The van der Waals surface area contributed by atoms with E-state index < -0.39 is 0 Å². The molecule has 1 aromatic carbocycles. The average Bonchev–Trinajstić information content (AvgIpc) is 3.04. The minimum atomic E-state index is -0.0714. The van der Waals surface area contributed by atoms with Crippen molar-refractivity contribution in [3.63, 3.8) is 0 Å². The Morgan fingerprint density at radius 2 is 2.00 bits per heavy atom. The second kappa shape index (κ2) is 7.07. The first kappa shape index (κ1) is 15.2. The standard InChI is InChI=1S/C15H19ClN2O4/c16-11-5-13-14(22-4-3-21-13)6-12(11)17-8-15(19)18-7-10-1-2-20-9-10/h5-6,10,17H,1-4,7-9H2,(H,18,19). The van der Waals surface area contributed by atoms with Gasteiger partial charge in [0.1, 0.15) is 13.2 Å². The summed E-state index contributed by atoms with van der Waals surface area (Å²) in [5.74, 6) is 1.62. The topological polar surface area (TPSA) is 68.8 Å². The number of carbonyl (C=O) groups is 1. The average molecular weight is 327 g/mol. The number of hydrogen-bond acceptors (Lipinski definition) is 5. The van der Waals surface area contributed by atoms with Crippen LogP contribution in [0.2, 0.25) is 5.02 Å². The highest BCUT2D eigenvalue weighted by atomic mass is 35.5. The molecule has 2 N–H and O–H groups in total. The maximum Gasteiger partial charge on any atom is 0.239 e. The lowest BCUT2D eigenvalue weighted by atomic mass is 10.1. The highest BCUT2D eigenvalue weighted by Gasteiger charge is 2.17. The molecule has 1 unspecified atom stereocenters. The quantitative estimate of drug-likeness (QED) is 0.861.